The van der Waals surface area contributed by atoms with Crippen molar-refractivity contribution in [2.24, 2.45) is 0 Å². The molecule has 188 valence electrons. The Labute approximate surface area is 202 Å². The maximum Gasteiger partial charge on any atom is 0.416 e. The predicted octanol–water partition coefficient (Wildman–Crippen LogP) is 3.80. The molecule has 0 aliphatic carbocycles. The molecule has 0 saturated heterocycles. The number of nitrogen functional groups attached to an aromatic ring is 2. The number of rotatable bonds is 7. The topological polar surface area (TPSA) is 154 Å². The smallest absolute Gasteiger partial charge is 0.416 e. The minimum Gasteiger partial charge on any atom is -0.436 e. The first-order valence-electron chi connectivity index (χ1n) is 10.6. The van der Waals surface area contributed by atoms with Crippen molar-refractivity contribution in [2.45, 2.75) is 19.1 Å². The maximum absolute atomic E-state index is 13.1. The molecule has 0 unspecified atom stereocenters. The molecule has 10 nitrogen and oxygen atoms in total. The number of halogens is 3. The molecular formula is C23H22F3N7O3. The largest absolute Gasteiger partial charge is 0.436 e. The summed E-state index contributed by atoms with van der Waals surface area (Å²) in [6.45, 7) is 2.17. The first-order chi connectivity index (χ1) is 17.0. The Balaban J connectivity index is 1.80. The van der Waals surface area contributed by atoms with Crippen molar-refractivity contribution >= 4 is 28.5 Å². The van der Waals surface area contributed by atoms with E-state index in [0.717, 1.165) is 12.1 Å². The Morgan fingerprint density at radius 2 is 1.89 bits per heavy atom. The van der Waals surface area contributed by atoms with Crippen LogP contribution in [0.1, 0.15) is 12.5 Å². The Kier molecular flexibility index (Phi) is 6.66. The molecule has 0 spiro atoms. The molecule has 13 heteroatoms. The zero-order valence-electron chi connectivity index (χ0n) is 19.2. The highest BCUT2D eigenvalue weighted by Gasteiger charge is 2.31. The van der Waals surface area contributed by atoms with Crippen LogP contribution in [0.3, 0.4) is 0 Å². The average Bonchev–Trinajstić information content (AvgIpc) is 2.79. The number of para-hydroxylation sites is 1. The van der Waals surface area contributed by atoms with E-state index in [1.165, 1.54) is 19.2 Å². The standard InChI is InChI=1S/C23H22F3N7O3/c1-11(10-35-2)29-22-31-16(13-7-6-12(8-14(13)27)23(24,25)26)9-18(32-22)36-17-5-3-4-15-19(17)33-20(28)21(34)30-15/h3-9,11H,10,27H2,1-2H3,(H2,28,33)(H,30,34)(H,29,31,32)/t11-/m0/s1. The summed E-state index contributed by atoms with van der Waals surface area (Å²) in [6, 6.07) is 9.09. The van der Waals surface area contributed by atoms with Crippen molar-refractivity contribution in [1.29, 1.82) is 0 Å². The second kappa shape index (κ2) is 9.70. The number of methoxy groups -OCH3 is 1. The maximum atomic E-state index is 13.1. The number of anilines is 3. The summed E-state index contributed by atoms with van der Waals surface area (Å²) < 4.78 is 50.4. The molecule has 1 atom stereocenters. The van der Waals surface area contributed by atoms with Crippen LogP contribution in [0.5, 0.6) is 11.6 Å². The van der Waals surface area contributed by atoms with Gasteiger partial charge in [-0.1, -0.05) is 12.1 Å². The minimum atomic E-state index is -4.54. The van der Waals surface area contributed by atoms with Gasteiger partial charge in [0.05, 0.1) is 23.4 Å². The lowest BCUT2D eigenvalue weighted by Crippen LogP contribution is -2.22. The minimum absolute atomic E-state index is 0.0467. The van der Waals surface area contributed by atoms with Gasteiger partial charge < -0.3 is 31.2 Å². The molecule has 0 radical (unpaired) electrons. The van der Waals surface area contributed by atoms with E-state index in [9.17, 15) is 18.0 Å². The van der Waals surface area contributed by atoms with Gasteiger partial charge in [-0.3, -0.25) is 4.79 Å². The molecule has 4 aromatic rings. The van der Waals surface area contributed by atoms with Gasteiger partial charge in [0.2, 0.25) is 11.8 Å². The van der Waals surface area contributed by atoms with Crippen molar-refractivity contribution < 1.29 is 22.6 Å². The Bertz CT molecular complexity index is 1470. The Hall–Kier alpha value is -4.39. The first-order valence-corrected chi connectivity index (χ1v) is 10.6. The van der Waals surface area contributed by atoms with Crippen LogP contribution in [0.15, 0.2) is 47.3 Å². The van der Waals surface area contributed by atoms with E-state index in [1.807, 2.05) is 6.92 Å². The number of nitrogens with two attached hydrogens (primary N) is 2. The fraction of sp³-hybridized carbons (Fsp3) is 0.217. The molecule has 0 fully saturated rings. The average molecular weight is 501 g/mol. The second-order valence-corrected chi connectivity index (χ2v) is 7.92. The number of H-pyrrole nitrogens is 1. The van der Waals surface area contributed by atoms with Gasteiger partial charge in [0, 0.05) is 30.5 Å². The summed E-state index contributed by atoms with van der Waals surface area (Å²) in [5.74, 6) is 0.171. The van der Waals surface area contributed by atoms with Gasteiger partial charge in [0.15, 0.2) is 11.6 Å². The molecule has 6 N–H and O–H groups in total. The quantitative estimate of drug-likeness (QED) is 0.277. The Morgan fingerprint density at radius 3 is 2.58 bits per heavy atom. The number of fused-ring (bicyclic) bond motifs is 1. The lowest BCUT2D eigenvalue weighted by atomic mass is 10.1. The van der Waals surface area contributed by atoms with Crippen LogP contribution in [-0.2, 0) is 10.9 Å². The van der Waals surface area contributed by atoms with Crippen molar-refractivity contribution in [3.63, 3.8) is 0 Å². The number of hydrogen-bond acceptors (Lipinski definition) is 9. The number of aromatic nitrogens is 4. The number of nitrogens with zero attached hydrogens (tertiary/aromatic N) is 3. The SMILES string of the molecule is COC[C@H](C)Nc1nc(Oc2cccc3[nH]c(=O)c(N)nc23)cc(-c2ccc(C(F)(F)F)cc2N)n1. The molecule has 2 aromatic heterocycles. The van der Waals surface area contributed by atoms with Crippen LogP contribution >= 0.6 is 0 Å². The van der Waals surface area contributed by atoms with E-state index in [1.54, 1.807) is 18.2 Å². The zero-order valence-corrected chi connectivity index (χ0v) is 19.2. The van der Waals surface area contributed by atoms with E-state index < -0.39 is 17.3 Å². The monoisotopic (exact) mass is 501 g/mol. The molecular weight excluding hydrogens is 479 g/mol. The van der Waals surface area contributed by atoms with Crippen LogP contribution in [-0.4, -0.2) is 39.7 Å². The highest BCUT2D eigenvalue weighted by molar-refractivity contribution is 5.82. The third-order valence-corrected chi connectivity index (χ3v) is 5.08. The van der Waals surface area contributed by atoms with Gasteiger partial charge in [-0.2, -0.15) is 18.2 Å². The summed E-state index contributed by atoms with van der Waals surface area (Å²) in [5.41, 5.74) is 11.2. The van der Waals surface area contributed by atoms with Crippen molar-refractivity contribution in [1.82, 2.24) is 19.9 Å². The van der Waals surface area contributed by atoms with Crippen LogP contribution in [0.2, 0.25) is 0 Å². The first kappa shape index (κ1) is 24.7. The Morgan fingerprint density at radius 1 is 1.11 bits per heavy atom. The highest BCUT2D eigenvalue weighted by atomic mass is 19.4. The number of hydrogen-bond donors (Lipinski definition) is 4. The number of benzene rings is 2. The van der Waals surface area contributed by atoms with Gasteiger partial charge in [-0.05, 0) is 31.2 Å². The van der Waals surface area contributed by atoms with Crippen molar-refractivity contribution in [2.75, 3.05) is 30.5 Å². The molecule has 2 heterocycles. The third kappa shape index (κ3) is 5.30. The fourth-order valence-electron chi connectivity index (χ4n) is 3.46. The summed E-state index contributed by atoms with van der Waals surface area (Å²) >= 11 is 0. The van der Waals surface area contributed by atoms with Gasteiger partial charge >= 0.3 is 6.18 Å². The summed E-state index contributed by atoms with van der Waals surface area (Å²) in [6.07, 6.45) is -4.54. The van der Waals surface area contributed by atoms with E-state index in [-0.39, 0.29) is 51.9 Å². The number of alkyl halides is 3. The number of ether oxygens (including phenoxy) is 2. The molecule has 4 rings (SSSR count). The summed E-state index contributed by atoms with van der Waals surface area (Å²) in [4.78, 5) is 27.3. The molecule has 0 aliphatic heterocycles. The zero-order chi connectivity index (χ0) is 26.0. The number of nitrogens with one attached hydrogen (secondary N) is 2. The lowest BCUT2D eigenvalue weighted by molar-refractivity contribution is -0.137. The molecule has 0 saturated carbocycles. The molecule has 0 bridgehead atoms. The van der Waals surface area contributed by atoms with Crippen LogP contribution in [0.4, 0.5) is 30.6 Å². The predicted molar refractivity (Wildman–Crippen MR) is 129 cm³/mol. The van der Waals surface area contributed by atoms with E-state index in [2.05, 4.69) is 25.3 Å². The molecule has 0 aliphatic rings. The fourth-order valence-corrected chi connectivity index (χ4v) is 3.46. The number of aromatic amines is 1. The van der Waals surface area contributed by atoms with Gasteiger partial charge in [-0.25, -0.2) is 9.97 Å². The van der Waals surface area contributed by atoms with E-state index in [0.29, 0.717) is 12.1 Å². The third-order valence-electron chi connectivity index (χ3n) is 5.08. The normalized spacial score (nSPS) is 12.5. The summed E-state index contributed by atoms with van der Waals surface area (Å²) in [7, 11) is 1.54. The van der Waals surface area contributed by atoms with E-state index in [4.69, 9.17) is 20.9 Å². The highest BCUT2D eigenvalue weighted by Crippen LogP contribution is 2.36. The van der Waals surface area contributed by atoms with E-state index >= 15 is 0 Å². The van der Waals surface area contributed by atoms with Crippen LogP contribution in [0.25, 0.3) is 22.3 Å². The molecule has 36 heavy (non-hydrogen) atoms. The van der Waals surface area contributed by atoms with Crippen LogP contribution < -0.4 is 27.1 Å². The molecule has 2 aromatic carbocycles. The van der Waals surface area contributed by atoms with Crippen LogP contribution in [0, 0.1) is 0 Å². The van der Waals surface area contributed by atoms with Gasteiger partial charge in [-0.15, -0.1) is 0 Å². The summed E-state index contributed by atoms with van der Waals surface area (Å²) in [5, 5.41) is 3.06. The lowest BCUT2D eigenvalue weighted by Gasteiger charge is -2.16. The van der Waals surface area contributed by atoms with Gasteiger partial charge in [0.1, 0.15) is 5.52 Å². The van der Waals surface area contributed by atoms with Crippen molar-refractivity contribution in [3.8, 4) is 22.9 Å². The molecule has 0 amide bonds. The van der Waals surface area contributed by atoms with Crippen molar-refractivity contribution in [3.05, 3.63) is 58.4 Å². The second-order valence-electron chi connectivity index (χ2n) is 7.92. The van der Waals surface area contributed by atoms with Gasteiger partial charge in [0.25, 0.3) is 5.56 Å².